The molecule has 1 aromatic carbocycles. The highest BCUT2D eigenvalue weighted by Gasteiger charge is 2.02. The third-order valence-electron chi connectivity index (χ3n) is 2.59. The summed E-state index contributed by atoms with van der Waals surface area (Å²) in [6, 6.07) is 13.5. The second-order valence-electron chi connectivity index (χ2n) is 3.86. The molecular formula is C12H11N5O. The molecule has 3 aromatic rings. The Balaban J connectivity index is 1.83. The second-order valence-corrected chi connectivity index (χ2v) is 3.86. The molecule has 0 bridgehead atoms. The standard InChI is InChI=1S/C12H11N5O/c18-12-15-14-11-7-6-10(16-17(11)12)13-8-9-4-2-1-3-5-9/h1-7H,8H2,(H,13,16)(H,15,18). The van der Waals surface area contributed by atoms with Crippen molar-refractivity contribution < 1.29 is 0 Å². The van der Waals surface area contributed by atoms with Gasteiger partial charge in [-0.2, -0.15) is 9.61 Å². The van der Waals surface area contributed by atoms with Crippen LogP contribution in [0.25, 0.3) is 5.65 Å². The zero-order valence-electron chi connectivity index (χ0n) is 9.50. The second kappa shape index (κ2) is 4.33. The maximum atomic E-state index is 11.4. The first kappa shape index (κ1) is 10.5. The highest BCUT2D eigenvalue weighted by atomic mass is 16.2. The van der Waals surface area contributed by atoms with Crippen molar-refractivity contribution in [1.82, 2.24) is 19.8 Å². The number of hydrogen-bond acceptors (Lipinski definition) is 4. The van der Waals surface area contributed by atoms with Crippen molar-refractivity contribution in [1.29, 1.82) is 0 Å². The Morgan fingerprint density at radius 3 is 2.83 bits per heavy atom. The van der Waals surface area contributed by atoms with Crippen molar-refractivity contribution in [3.8, 4) is 0 Å². The lowest BCUT2D eigenvalue weighted by Crippen LogP contribution is -2.13. The smallest absolute Gasteiger partial charge is 0.364 e. The summed E-state index contributed by atoms with van der Waals surface area (Å²) in [7, 11) is 0. The van der Waals surface area contributed by atoms with E-state index >= 15 is 0 Å². The third-order valence-corrected chi connectivity index (χ3v) is 2.59. The molecule has 18 heavy (non-hydrogen) atoms. The minimum absolute atomic E-state index is 0.339. The van der Waals surface area contributed by atoms with E-state index in [0.29, 0.717) is 18.0 Å². The van der Waals surface area contributed by atoms with E-state index < -0.39 is 0 Å². The molecule has 0 aliphatic heterocycles. The summed E-state index contributed by atoms with van der Waals surface area (Å²) in [5.41, 5.74) is 1.32. The molecule has 3 rings (SSSR count). The number of H-pyrrole nitrogens is 1. The molecule has 2 heterocycles. The topological polar surface area (TPSA) is 75.1 Å². The molecule has 90 valence electrons. The van der Waals surface area contributed by atoms with E-state index in [1.165, 1.54) is 4.52 Å². The van der Waals surface area contributed by atoms with E-state index in [9.17, 15) is 4.79 Å². The summed E-state index contributed by atoms with van der Waals surface area (Å²) in [6.07, 6.45) is 0. The molecule has 0 amide bonds. The van der Waals surface area contributed by atoms with E-state index in [1.54, 1.807) is 12.1 Å². The van der Waals surface area contributed by atoms with Gasteiger partial charge in [-0.05, 0) is 17.7 Å². The van der Waals surface area contributed by atoms with Gasteiger partial charge in [-0.15, -0.1) is 5.10 Å². The van der Waals surface area contributed by atoms with Crippen molar-refractivity contribution >= 4 is 11.5 Å². The summed E-state index contributed by atoms with van der Waals surface area (Å²) in [5.74, 6) is 0.634. The van der Waals surface area contributed by atoms with Gasteiger partial charge in [-0.1, -0.05) is 30.3 Å². The van der Waals surface area contributed by atoms with E-state index in [4.69, 9.17) is 0 Å². The fourth-order valence-corrected chi connectivity index (χ4v) is 1.69. The SMILES string of the molecule is O=c1[nH]nc2ccc(NCc3ccccc3)nn12. The van der Waals surface area contributed by atoms with Crippen molar-refractivity contribution in [2.45, 2.75) is 6.54 Å². The Hall–Kier alpha value is -2.63. The Morgan fingerprint density at radius 1 is 1.17 bits per heavy atom. The number of nitrogens with one attached hydrogen (secondary N) is 2. The number of benzene rings is 1. The molecule has 0 saturated heterocycles. The van der Waals surface area contributed by atoms with Gasteiger partial charge < -0.3 is 5.32 Å². The molecule has 2 N–H and O–H groups in total. The number of nitrogens with zero attached hydrogens (tertiary/aromatic N) is 3. The molecule has 0 aliphatic rings. The Morgan fingerprint density at radius 2 is 2.00 bits per heavy atom. The first-order valence-corrected chi connectivity index (χ1v) is 5.55. The molecule has 0 fully saturated rings. The van der Waals surface area contributed by atoms with E-state index in [0.717, 1.165) is 5.56 Å². The van der Waals surface area contributed by atoms with E-state index in [2.05, 4.69) is 20.6 Å². The lowest BCUT2D eigenvalue weighted by Gasteiger charge is -2.04. The minimum Gasteiger partial charge on any atom is -0.365 e. The zero-order chi connectivity index (χ0) is 12.4. The van der Waals surface area contributed by atoms with Crippen molar-refractivity contribution in [3.05, 3.63) is 58.5 Å². The number of rotatable bonds is 3. The van der Waals surface area contributed by atoms with Crippen molar-refractivity contribution in [2.75, 3.05) is 5.32 Å². The molecule has 0 radical (unpaired) electrons. The van der Waals surface area contributed by atoms with Crippen LogP contribution in [0.5, 0.6) is 0 Å². The fourth-order valence-electron chi connectivity index (χ4n) is 1.69. The van der Waals surface area contributed by atoms with Crippen LogP contribution in [-0.4, -0.2) is 19.8 Å². The summed E-state index contributed by atoms with van der Waals surface area (Å²) < 4.78 is 1.23. The predicted molar refractivity (Wildman–Crippen MR) is 67.4 cm³/mol. The minimum atomic E-state index is -0.339. The number of aromatic nitrogens is 4. The van der Waals surface area contributed by atoms with Crippen LogP contribution >= 0.6 is 0 Å². The monoisotopic (exact) mass is 241 g/mol. The van der Waals surface area contributed by atoms with Gasteiger partial charge in [0.05, 0.1) is 0 Å². The van der Waals surface area contributed by atoms with Crippen LogP contribution in [0.1, 0.15) is 5.56 Å². The molecular weight excluding hydrogens is 230 g/mol. The first-order chi connectivity index (χ1) is 8.83. The van der Waals surface area contributed by atoms with Gasteiger partial charge in [-0.25, -0.2) is 9.89 Å². The average Bonchev–Trinajstić information content (AvgIpc) is 2.79. The maximum absolute atomic E-state index is 11.4. The van der Waals surface area contributed by atoms with Gasteiger partial charge in [0.25, 0.3) is 0 Å². The Labute approximate surface area is 102 Å². The number of anilines is 1. The van der Waals surface area contributed by atoms with Crippen molar-refractivity contribution in [2.24, 2.45) is 0 Å². The van der Waals surface area contributed by atoms with Gasteiger partial charge in [0.15, 0.2) is 5.65 Å². The molecule has 0 saturated carbocycles. The molecule has 0 unspecified atom stereocenters. The summed E-state index contributed by atoms with van der Waals surface area (Å²) >= 11 is 0. The fraction of sp³-hybridized carbons (Fsp3) is 0.0833. The van der Waals surface area contributed by atoms with Crippen LogP contribution in [0.4, 0.5) is 5.82 Å². The molecule has 0 atom stereocenters. The molecule has 2 aromatic heterocycles. The first-order valence-electron chi connectivity index (χ1n) is 5.55. The Kier molecular flexibility index (Phi) is 2.53. The average molecular weight is 241 g/mol. The number of hydrogen-bond donors (Lipinski definition) is 2. The van der Waals surface area contributed by atoms with E-state index in [1.807, 2.05) is 30.3 Å². The van der Waals surface area contributed by atoms with Crippen LogP contribution in [0, 0.1) is 0 Å². The van der Waals surface area contributed by atoms with Crippen LogP contribution in [-0.2, 0) is 6.54 Å². The molecule has 6 heteroatoms. The van der Waals surface area contributed by atoms with Gasteiger partial charge in [0.2, 0.25) is 0 Å². The van der Waals surface area contributed by atoms with Crippen LogP contribution in [0.3, 0.4) is 0 Å². The highest BCUT2D eigenvalue weighted by Crippen LogP contribution is 2.06. The van der Waals surface area contributed by atoms with Gasteiger partial charge in [0, 0.05) is 6.54 Å². The van der Waals surface area contributed by atoms with Crippen LogP contribution in [0.15, 0.2) is 47.3 Å². The molecule has 0 aliphatic carbocycles. The molecule has 6 nitrogen and oxygen atoms in total. The maximum Gasteiger partial charge on any atom is 0.364 e. The molecule has 0 spiro atoms. The predicted octanol–water partition coefficient (Wildman–Crippen LogP) is 1.03. The van der Waals surface area contributed by atoms with Crippen molar-refractivity contribution in [3.63, 3.8) is 0 Å². The number of aromatic amines is 1. The van der Waals surface area contributed by atoms with Crippen LogP contribution in [0.2, 0.25) is 0 Å². The van der Waals surface area contributed by atoms with Gasteiger partial charge >= 0.3 is 5.69 Å². The quantitative estimate of drug-likeness (QED) is 0.718. The highest BCUT2D eigenvalue weighted by molar-refractivity contribution is 5.43. The van der Waals surface area contributed by atoms with Crippen LogP contribution < -0.4 is 11.0 Å². The van der Waals surface area contributed by atoms with Gasteiger partial charge in [-0.3, -0.25) is 0 Å². The lowest BCUT2D eigenvalue weighted by molar-refractivity contribution is 0.875. The third kappa shape index (κ3) is 1.95. The van der Waals surface area contributed by atoms with E-state index in [-0.39, 0.29) is 5.69 Å². The number of fused-ring (bicyclic) bond motifs is 1. The lowest BCUT2D eigenvalue weighted by atomic mass is 10.2. The zero-order valence-corrected chi connectivity index (χ0v) is 9.50. The Bertz CT molecular complexity index is 716. The summed E-state index contributed by atoms with van der Waals surface area (Å²) in [5, 5.41) is 13.5. The van der Waals surface area contributed by atoms with Gasteiger partial charge in [0.1, 0.15) is 5.82 Å². The summed E-state index contributed by atoms with van der Waals surface area (Å²) in [4.78, 5) is 11.4. The largest absolute Gasteiger partial charge is 0.365 e. The summed E-state index contributed by atoms with van der Waals surface area (Å²) in [6.45, 7) is 0.659. The normalized spacial score (nSPS) is 10.7.